The lowest BCUT2D eigenvalue weighted by atomic mass is 9.94. The molecular weight excluding hydrogens is 516 g/mol. The molecule has 7 nitrogen and oxygen atoms in total. The molecule has 200 valence electrons. The summed E-state index contributed by atoms with van der Waals surface area (Å²) in [7, 11) is 0. The highest BCUT2D eigenvalue weighted by molar-refractivity contribution is 7.22. The van der Waals surface area contributed by atoms with E-state index in [-0.39, 0.29) is 11.9 Å². The van der Waals surface area contributed by atoms with Crippen LogP contribution in [0.25, 0.3) is 10.2 Å². The van der Waals surface area contributed by atoms with Crippen LogP contribution in [-0.2, 0) is 24.1 Å². The first-order valence-electron chi connectivity index (χ1n) is 13.3. The molecule has 1 amide bonds. The highest BCUT2D eigenvalue weighted by Crippen LogP contribution is 2.33. The van der Waals surface area contributed by atoms with Crippen LogP contribution < -0.4 is 10.2 Å². The number of carbonyl (C=O) groups excluding carboxylic acids is 2. The quantitative estimate of drug-likeness (QED) is 0.235. The number of rotatable bonds is 8. The monoisotopic (exact) mass is 550 g/mol. The number of amides is 1. The van der Waals surface area contributed by atoms with E-state index in [0.717, 1.165) is 63.6 Å². The smallest absolute Gasteiger partial charge is 0.358 e. The van der Waals surface area contributed by atoms with Crippen molar-refractivity contribution in [1.29, 1.82) is 0 Å². The molecule has 5 rings (SSSR count). The van der Waals surface area contributed by atoms with E-state index >= 15 is 0 Å². The number of para-hydroxylation sites is 1. The van der Waals surface area contributed by atoms with E-state index < -0.39 is 0 Å². The first-order chi connectivity index (χ1) is 18.6. The number of carbonyl (C=O) groups is 2. The van der Waals surface area contributed by atoms with Crippen molar-refractivity contribution in [3.63, 3.8) is 0 Å². The Kier molecular flexibility index (Phi) is 9.47. The molecule has 1 aliphatic heterocycles. The number of benzene rings is 2. The highest BCUT2D eigenvalue weighted by atomic mass is 32.1. The Morgan fingerprint density at radius 1 is 1.05 bits per heavy atom. The maximum Gasteiger partial charge on any atom is 0.358 e. The van der Waals surface area contributed by atoms with Crippen molar-refractivity contribution >= 4 is 55.0 Å². The van der Waals surface area contributed by atoms with Crippen LogP contribution in [0, 0.1) is 0 Å². The number of thiazole rings is 2. The van der Waals surface area contributed by atoms with E-state index in [4.69, 9.17) is 9.72 Å². The molecule has 0 saturated heterocycles. The van der Waals surface area contributed by atoms with E-state index in [1.54, 1.807) is 18.3 Å². The molecule has 0 fully saturated rings. The number of hydrogen-bond donors (Lipinski definition) is 1. The van der Waals surface area contributed by atoms with Gasteiger partial charge in [0.2, 0.25) is 0 Å². The number of esters is 1. The highest BCUT2D eigenvalue weighted by Gasteiger charge is 2.27. The maximum absolute atomic E-state index is 13.3. The van der Waals surface area contributed by atoms with Crippen LogP contribution in [0.1, 0.15) is 77.4 Å². The third kappa shape index (κ3) is 6.05. The second-order valence-corrected chi connectivity index (χ2v) is 10.7. The van der Waals surface area contributed by atoms with Gasteiger partial charge in [-0.05, 0) is 55.5 Å². The van der Waals surface area contributed by atoms with Gasteiger partial charge in [0, 0.05) is 23.5 Å². The Labute approximate surface area is 231 Å². The Balaban J connectivity index is 0.00000164. The molecule has 2 aromatic carbocycles. The number of aromatic nitrogens is 2. The topological polar surface area (TPSA) is 84.4 Å². The molecule has 0 unspecified atom stereocenters. The van der Waals surface area contributed by atoms with Gasteiger partial charge in [-0.2, -0.15) is 0 Å². The average molecular weight is 551 g/mol. The van der Waals surface area contributed by atoms with Gasteiger partial charge in [-0.15, -0.1) is 11.3 Å². The fourth-order valence-electron chi connectivity index (χ4n) is 4.39. The Morgan fingerprint density at radius 3 is 2.63 bits per heavy atom. The minimum Gasteiger partial charge on any atom is -0.461 e. The molecule has 0 saturated carbocycles. The van der Waals surface area contributed by atoms with E-state index in [9.17, 15) is 9.59 Å². The maximum atomic E-state index is 13.3. The Bertz CT molecular complexity index is 1380. The average Bonchev–Trinajstić information content (AvgIpc) is 3.56. The first-order valence-corrected chi connectivity index (χ1v) is 14.9. The molecule has 0 spiro atoms. The van der Waals surface area contributed by atoms with Crippen LogP contribution in [-0.4, -0.2) is 35.0 Å². The zero-order valence-electron chi connectivity index (χ0n) is 22.4. The van der Waals surface area contributed by atoms with E-state index in [0.29, 0.717) is 29.5 Å². The van der Waals surface area contributed by atoms with Gasteiger partial charge in [-0.3, -0.25) is 10.1 Å². The SMILES string of the molecule is CC.CCCCc1sc(N2CCc3cccc(C(=O)Nc4nc5ccccc5s4)c3C2)nc1C(=O)OCC. The summed E-state index contributed by atoms with van der Waals surface area (Å²) in [4.78, 5) is 38.2. The number of fused-ring (bicyclic) bond motifs is 2. The predicted molar refractivity (Wildman–Crippen MR) is 157 cm³/mol. The summed E-state index contributed by atoms with van der Waals surface area (Å²) >= 11 is 3.03. The normalized spacial score (nSPS) is 12.5. The Hall–Kier alpha value is -3.30. The molecule has 0 bridgehead atoms. The van der Waals surface area contributed by atoms with Crippen molar-refractivity contribution < 1.29 is 14.3 Å². The van der Waals surface area contributed by atoms with Gasteiger partial charge in [-0.1, -0.05) is 62.8 Å². The molecule has 38 heavy (non-hydrogen) atoms. The summed E-state index contributed by atoms with van der Waals surface area (Å²) in [6.45, 7) is 9.59. The fraction of sp³-hybridized carbons (Fsp3) is 0.379. The first kappa shape index (κ1) is 27.7. The number of unbranched alkanes of at least 4 members (excludes halogenated alkanes) is 1. The minimum absolute atomic E-state index is 0.164. The number of anilines is 2. The summed E-state index contributed by atoms with van der Waals surface area (Å²) < 4.78 is 6.30. The fourth-order valence-corrected chi connectivity index (χ4v) is 6.36. The second-order valence-electron chi connectivity index (χ2n) is 8.65. The largest absolute Gasteiger partial charge is 0.461 e. The van der Waals surface area contributed by atoms with E-state index in [1.165, 1.54) is 11.3 Å². The van der Waals surface area contributed by atoms with Crippen LogP contribution in [0.4, 0.5) is 10.3 Å². The number of nitrogens with zero attached hydrogens (tertiary/aromatic N) is 3. The molecule has 0 atom stereocenters. The summed E-state index contributed by atoms with van der Waals surface area (Å²) in [5, 5.41) is 4.38. The van der Waals surface area contributed by atoms with Gasteiger partial charge in [0.1, 0.15) is 0 Å². The van der Waals surface area contributed by atoms with Crippen molar-refractivity contribution in [1.82, 2.24) is 9.97 Å². The van der Waals surface area contributed by atoms with Crippen LogP contribution in [0.5, 0.6) is 0 Å². The lowest BCUT2D eigenvalue weighted by Crippen LogP contribution is -2.32. The van der Waals surface area contributed by atoms with Crippen LogP contribution in [0.15, 0.2) is 42.5 Å². The summed E-state index contributed by atoms with van der Waals surface area (Å²) in [6, 6.07) is 13.7. The number of nitrogens with one attached hydrogen (secondary N) is 1. The molecular formula is C29H34N4O3S2. The third-order valence-corrected chi connectivity index (χ3v) is 8.34. The van der Waals surface area contributed by atoms with E-state index in [2.05, 4.69) is 28.2 Å². The molecule has 3 heterocycles. The van der Waals surface area contributed by atoms with Gasteiger partial charge >= 0.3 is 5.97 Å². The summed E-state index contributed by atoms with van der Waals surface area (Å²) in [6.07, 6.45) is 3.64. The standard InChI is InChI=1S/C27H28N4O3S2.C2H6/c1-3-5-12-22-23(25(33)34-4-2)29-27(36-22)31-15-14-17-9-8-10-18(19(17)16-31)24(32)30-26-28-20-11-6-7-13-21(20)35-26;1-2/h6-11,13H,3-5,12,14-16H2,1-2H3,(H,28,30,32);1-2H3. The molecule has 4 aromatic rings. The van der Waals surface area contributed by atoms with Crippen molar-refractivity contribution in [3.8, 4) is 0 Å². The molecule has 9 heteroatoms. The van der Waals surface area contributed by atoms with Gasteiger partial charge in [0.05, 0.1) is 16.8 Å². The molecule has 0 aliphatic carbocycles. The zero-order chi connectivity index (χ0) is 27.1. The summed E-state index contributed by atoms with van der Waals surface area (Å²) in [5.74, 6) is -0.526. The van der Waals surface area contributed by atoms with Gasteiger partial charge in [0.15, 0.2) is 16.0 Å². The van der Waals surface area contributed by atoms with Crippen molar-refractivity contribution in [2.24, 2.45) is 0 Å². The number of aryl methyl sites for hydroxylation is 1. The number of hydrogen-bond acceptors (Lipinski definition) is 8. The minimum atomic E-state index is -0.362. The second kappa shape index (κ2) is 13.0. The molecule has 1 N–H and O–H groups in total. The lowest BCUT2D eigenvalue weighted by molar-refractivity contribution is 0.0519. The van der Waals surface area contributed by atoms with Crippen LogP contribution in [0.3, 0.4) is 0 Å². The molecule has 2 aromatic heterocycles. The van der Waals surface area contributed by atoms with Crippen molar-refractivity contribution in [2.75, 3.05) is 23.4 Å². The van der Waals surface area contributed by atoms with Crippen LogP contribution >= 0.6 is 22.7 Å². The lowest BCUT2D eigenvalue weighted by Gasteiger charge is -2.29. The van der Waals surface area contributed by atoms with Gasteiger partial charge < -0.3 is 9.64 Å². The third-order valence-electron chi connectivity index (χ3n) is 6.21. The zero-order valence-corrected chi connectivity index (χ0v) is 24.0. The van der Waals surface area contributed by atoms with Crippen molar-refractivity contribution in [3.05, 3.63) is 69.7 Å². The summed E-state index contributed by atoms with van der Waals surface area (Å²) in [5.41, 5.74) is 4.10. The van der Waals surface area contributed by atoms with Crippen LogP contribution in [0.2, 0.25) is 0 Å². The number of ether oxygens (including phenoxy) is 1. The van der Waals surface area contributed by atoms with E-state index in [1.807, 2.05) is 50.2 Å². The Morgan fingerprint density at radius 2 is 1.87 bits per heavy atom. The molecule has 0 radical (unpaired) electrons. The van der Waals surface area contributed by atoms with Gasteiger partial charge in [0.25, 0.3) is 5.91 Å². The van der Waals surface area contributed by atoms with Crippen molar-refractivity contribution in [2.45, 2.75) is 59.9 Å². The van der Waals surface area contributed by atoms with Gasteiger partial charge in [-0.25, -0.2) is 14.8 Å². The molecule has 1 aliphatic rings. The predicted octanol–water partition coefficient (Wildman–Crippen LogP) is 7.11.